The summed E-state index contributed by atoms with van der Waals surface area (Å²) in [6.07, 6.45) is 1.57. The lowest BCUT2D eigenvalue weighted by Gasteiger charge is -2.32. The van der Waals surface area contributed by atoms with E-state index in [1.165, 1.54) is 0 Å². The van der Waals surface area contributed by atoms with Crippen molar-refractivity contribution >= 4 is 5.91 Å². The van der Waals surface area contributed by atoms with E-state index in [-0.39, 0.29) is 12.0 Å². The Bertz CT molecular complexity index is 377. The average molecular weight is 224 g/mol. The van der Waals surface area contributed by atoms with Gasteiger partial charge in [-0.3, -0.25) is 9.48 Å². The molecular formula is C10H16N4O2. The van der Waals surface area contributed by atoms with Crippen LogP contribution in [0, 0.1) is 0 Å². The Morgan fingerprint density at radius 3 is 3.19 bits per heavy atom. The number of nitrogens with two attached hydrogens (primary N) is 1. The molecule has 1 aliphatic rings. The van der Waals surface area contributed by atoms with Crippen LogP contribution in [-0.2, 0) is 11.8 Å². The van der Waals surface area contributed by atoms with E-state index in [2.05, 4.69) is 5.10 Å². The summed E-state index contributed by atoms with van der Waals surface area (Å²) < 4.78 is 6.99. The standard InChI is InChI=1S/C10H16N4O2/c1-13-9(2-3-12-13)10(15)14-4-5-16-8(6-11)7-14/h2-3,8H,4-7,11H2,1H3. The maximum absolute atomic E-state index is 12.1. The molecule has 2 N–H and O–H groups in total. The molecule has 16 heavy (non-hydrogen) atoms. The highest BCUT2D eigenvalue weighted by Crippen LogP contribution is 2.09. The zero-order valence-electron chi connectivity index (χ0n) is 9.30. The predicted octanol–water partition coefficient (Wildman–Crippen LogP) is -0.780. The Balaban J connectivity index is 2.07. The molecule has 1 aromatic heterocycles. The third kappa shape index (κ3) is 2.07. The molecule has 1 fully saturated rings. The van der Waals surface area contributed by atoms with E-state index in [4.69, 9.17) is 10.5 Å². The van der Waals surface area contributed by atoms with Gasteiger partial charge in [0.2, 0.25) is 0 Å². The van der Waals surface area contributed by atoms with Gasteiger partial charge in [0.05, 0.1) is 12.7 Å². The zero-order valence-corrected chi connectivity index (χ0v) is 9.30. The maximum Gasteiger partial charge on any atom is 0.272 e. The number of hydrogen-bond acceptors (Lipinski definition) is 4. The number of aromatic nitrogens is 2. The highest BCUT2D eigenvalue weighted by Gasteiger charge is 2.25. The fraction of sp³-hybridized carbons (Fsp3) is 0.600. The van der Waals surface area contributed by atoms with Crippen LogP contribution in [0.2, 0.25) is 0 Å². The van der Waals surface area contributed by atoms with Crippen LogP contribution in [-0.4, -0.2) is 52.9 Å². The monoisotopic (exact) mass is 224 g/mol. The lowest BCUT2D eigenvalue weighted by Crippen LogP contribution is -2.48. The molecule has 0 aromatic carbocycles. The zero-order chi connectivity index (χ0) is 11.5. The van der Waals surface area contributed by atoms with E-state index in [1.54, 1.807) is 28.9 Å². The van der Waals surface area contributed by atoms with Gasteiger partial charge in [-0.15, -0.1) is 0 Å². The number of morpholine rings is 1. The van der Waals surface area contributed by atoms with Crippen molar-refractivity contribution in [2.24, 2.45) is 12.8 Å². The van der Waals surface area contributed by atoms with E-state index in [1.807, 2.05) is 0 Å². The summed E-state index contributed by atoms with van der Waals surface area (Å²) in [7, 11) is 1.76. The molecule has 0 saturated carbocycles. The third-order valence-corrected chi connectivity index (χ3v) is 2.73. The van der Waals surface area contributed by atoms with Crippen LogP contribution in [0.15, 0.2) is 12.3 Å². The minimum absolute atomic E-state index is 0.0123. The number of hydrogen-bond donors (Lipinski definition) is 1. The van der Waals surface area contributed by atoms with Gasteiger partial charge in [0, 0.05) is 32.9 Å². The van der Waals surface area contributed by atoms with E-state index < -0.39 is 0 Å². The molecule has 0 aliphatic carbocycles. The number of aryl methyl sites for hydroxylation is 1. The van der Waals surface area contributed by atoms with Crippen molar-refractivity contribution in [3.63, 3.8) is 0 Å². The van der Waals surface area contributed by atoms with Crippen molar-refractivity contribution < 1.29 is 9.53 Å². The average Bonchev–Trinajstić information content (AvgIpc) is 2.74. The molecule has 1 saturated heterocycles. The van der Waals surface area contributed by atoms with Crippen molar-refractivity contribution in [2.45, 2.75) is 6.10 Å². The van der Waals surface area contributed by atoms with Crippen LogP contribution >= 0.6 is 0 Å². The first-order chi connectivity index (χ1) is 7.72. The molecule has 6 heteroatoms. The Hall–Kier alpha value is -1.40. The molecule has 1 aliphatic heterocycles. The second kappa shape index (κ2) is 4.63. The number of ether oxygens (including phenoxy) is 1. The first-order valence-corrected chi connectivity index (χ1v) is 5.31. The highest BCUT2D eigenvalue weighted by atomic mass is 16.5. The van der Waals surface area contributed by atoms with Crippen molar-refractivity contribution in [1.82, 2.24) is 14.7 Å². The second-order valence-electron chi connectivity index (χ2n) is 3.82. The van der Waals surface area contributed by atoms with E-state index >= 15 is 0 Å². The molecule has 0 radical (unpaired) electrons. The summed E-state index contributed by atoms with van der Waals surface area (Å²) in [4.78, 5) is 13.9. The van der Waals surface area contributed by atoms with Gasteiger partial charge in [-0.25, -0.2) is 0 Å². The molecule has 1 amide bonds. The minimum Gasteiger partial charge on any atom is -0.373 e. The predicted molar refractivity (Wildman–Crippen MR) is 57.9 cm³/mol. The maximum atomic E-state index is 12.1. The SMILES string of the molecule is Cn1nccc1C(=O)N1CCOC(CN)C1. The lowest BCUT2D eigenvalue weighted by atomic mass is 10.2. The smallest absolute Gasteiger partial charge is 0.272 e. The summed E-state index contributed by atoms with van der Waals surface area (Å²) >= 11 is 0. The van der Waals surface area contributed by atoms with Gasteiger partial charge in [0.1, 0.15) is 5.69 Å². The molecule has 88 valence electrons. The quantitative estimate of drug-likeness (QED) is 0.715. The van der Waals surface area contributed by atoms with E-state index in [0.29, 0.717) is 31.9 Å². The summed E-state index contributed by atoms with van der Waals surface area (Å²) in [5, 5.41) is 3.98. The van der Waals surface area contributed by atoms with Crippen LogP contribution in [0.25, 0.3) is 0 Å². The number of carbonyl (C=O) groups excluding carboxylic acids is 1. The number of nitrogens with zero attached hydrogens (tertiary/aromatic N) is 3. The van der Waals surface area contributed by atoms with Gasteiger partial charge < -0.3 is 15.4 Å². The molecule has 2 rings (SSSR count). The summed E-state index contributed by atoms with van der Waals surface area (Å²) in [6, 6.07) is 1.72. The first kappa shape index (κ1) is 11.1. The molecule has 1 unspecified atom stereocenters. The molecule has 0 spiro atoms. The Morgan fingerprint density at radius 1 is 1.75 bits per heavy atom. The topological polar surface area (TPSA) is 73.4 Å². The van der Waals surface area contributed by atoms with Gasteiger partial charge in [0.15, 0.2) is 0 Å². The third-order valence-electron chi connectivity index (χ3n) is 2.73. The molecule has 0 bridgehead atoms. The first-order valence-electron chi connectivity index (χ1n) is 5.31. The van der Waals surface area contributed by atoms with E-state index in [9.17, 15) is 4.79 Å². The van der Waals surface area contributed by atoms with Crippen molar-refractivity contribution in [1.29, 1.82) is 0 Å². The van der Waals surface area contributed by atoms with Gasteiger partial charge in [-0.2, -0.15) is 5.10 Å². The van der Waals surface area contributed by atoms with Gasteiger partial charge in [0.25, 0.3) is 5.91 Å². The van der Waals surface area contributed by atoms with Crippen LogP contribution in [0.5, 0.6) is 0 Å². The van der Waals surface area contributed by atoms with E-state index in [0.717, 1.165) is 0 Å². The molecular weight excluding hydrogens is 208 g/mol. The normalized spacial score (nSPS) is 21.1. The lowest BCUT2D eigenvalue weighted by molar-refractivity contribution is -0.0171. The van der Waals surface area contributed by atoms with Crippen molar-refractivity contribution in [3.8, 4) is 0 Å². The van der Waals surface area contributed by atoms with Crippen molar-refractivity contribution in [2.75, 3.05) is 26.2 Å². The Labute approximate surface area is 94.0 Å². The largest absolute Gasteiger partial charge is 0.373 e. The number of amides is 1. The van der Waals surface area contributed by atoms with Crippen LogP contribution in [0.3, 0.4) is 0 Å². The fourth-order valence-electron chi connectivity index (χ4n) is 1.79. The highest BCUT2D eigenvalue weighted by molar-refractivity contribution is 5.92. The molecule has 1 atom stereocenters. The Kier molecular flexibility index (Phi) is 3.21. The van der Waals surface area contributed by atoms with Crippen LogP contribution < -0.4 is 5.73 Å². The van der Waals surface area contributed by atoms with Crippen LogP contribution in [0.1, 0.15) is 10.5 Å². The minimum atomic E-state index is -0.0501. The summed E-state index contributed by atoms with van der Waals surface area (Å²) in [5.74, 6) is -0.0123. The van der Waals surface area contributed by atoms with Gasteiger partial charge >= 0.3 is 0 Å². The summed E-state index contributed by atoms with van der Waals surface area (Å²) in [5.41, 5.74) is 6.13. The molecule has 2 heterocycles. The van der Waals surface area contributed by atoms with Crippen molar-refractivity contribution in [3.05, 3.63) is 18.0 Å². The van der Waals surface area contributed by atoms with Gasteiger partial charge in [-0.05, 0) is 6.07 Å². The van der Waals surface area contributed by atoms with Gasteiger partial charge in [-0.1, -0.05) is 0 Å². The summed E-state index contributed by atoms with van der Waals surface area (Å²) in [6.45, 7) is 2.15. The number of carbonyl (C=O) groups is 1. The second-order valence-corrected chi connectivity index (χ2v) is 3.82. The van der Waals surface area contributed by atoms with Crippen LogP contribution in [0.4, 0.5) is 0 Å². The molecule has 6 nitrogen and oxygen atoms in total. The molecule has 1 aromatic rings. The Morgan fingerprint density at radius 2 is 2.56 bits per heavy atom. The number of rotatable bonds is 2. The fourth-order valence-corrected chi connectivity index (χ4v) is 1.79.